The maximum atomic E-state index is 12.6. The SMILES string of the molecule is O=C(/C=C/c1ccc(/C=C/C(=O)c2ccc(N3CCN(Cc4ccccc4)CC3)cc2)cn1)CO. The minimum absolute atomic E-state index is 0.0678. The Morgan fingerprint density at radius 2 is 1.60 bits per heavy atom. The molecule has 0 aliphatic carbocycles. The largest absolute Gasteiger partial charge is 0.388 e. The minimum atomic E-state index is -0.522. The third-order valence-electron chi connectivity index (χ3n) is 5.97. The number of nitrogens with zero attached hydrogens (tertiary/aromatic N) is 3. The van der Waals surface area contributed by atoms with Gasteiger partial charge in [-0.15, -0.1) is 0 Å². The van der Waals surface area contributed by atoms with Crippen molar-refractivity contribution in [3.8, 4) is 0 Å². The van der Waals surface area contributed by atoms with Gasteiger partial charge in [-0.2, -0.15) is 0 Å². The number of rotatable bonds is 9. The quantitative estimate of drug-likeness (QED) is 0.380. The molecule has 3 aromatic rings. The zero-order valence-electron chi connectivity index (χ0n) is 19.6. The second kappa shape index (κ2) is 12.0. The van der Waals surface area contributed by atoms with Gasteiger partial charge in [-0.1, -0.05) is 36.4 Å². The van der Waals surface area contributed by atoms with Crippen molar-refractivity contribution in [3.63, 3.8) is 0 Å². The molecule has 6 nitrogen and oxygen atoms in total. The van der Waals surface area contributed by atoms with Crippen LogP contribution in [-0.2, 0) is 11.3 Å². The number of anilines is 1. The number of aliphatic hydroxyl groups is 1. The fraction of sp³-hybridized carbons (Fsp3) is 0.207. The van der Waals surface area contributed by atoms with E-state index < -0.39 is 6.61 Å². The van der Waals surface area contributed by atoms with E-state index in [0.29, 0.717) is 11.3 Å². The lowest BCUT2D eigenvalue weighted by Crippen LogP contribution is -2.45. The lowest BCUT2D eigenvalue weighted by Gasteiger charge is -2.36. The molecule has 2 heterocycles. The standard InChI is InChI=1S/C29H29N3O3/c33-22-28(34)14-11-26-10-6-23(20-30-26)7-15-29(35)25-8-12-27(13-9-25)32-18-16-31(17-19-32)21-24-4-2-1-3-5-24/h1-15,20,33H,16-19,21-22H2/b14-11+,15-7+. The molecular formula is C29H29N3O3. The van der Waals surface area contributed by atoms with Crippen molar-refractivity contribution >= 4 is 29.4 Å². The van der Waals surface area contributed by atoms with Crippen molar-refractivity contribution in [2.75, 3.05) is 37.7 Å². The number of aliphatic hydroxyl groups excluding tert-OH is 1. The molecule has 0 amide bonds. The van der Waals surface area contributed by atoms with E-state index in [0.717, 1.165) is 44.0 Å². The molecule has 0 bridgehead atoms. The number of benzene rings is 2. The highest BCUT2D eigenvalue weighted by Gasteiger charge is 2.17. The molecule has 0 saturated carbocycles. The topological polar surface area (TPSA) is 73.7 Å². The van der Waals surface area contributed by atoms with Gasteiger partial charge in [0.15, 0.2) is 11.6 Å². The predicted octanol–water partition coefficient (Wildman–Crippen LogP) is 3.87. The van der Waals surface area contributed by atoms with E-state index in [1.165, 1.54) is 11.6 Å². The first-order valence-electron chi connectivity index (χ1n) is 11.7. The summed E-state index contributed by atoms with van der Waals surface area (Å²) < 4.78 is 0. The fourth-order valence-corrected chi connectivity index (χ4v) is 3.96. The first-order valence-corrected chi connectivity index (χ1v) is 11.7. The molecule has 2 aromatic carbocycles. The maximum absolute atomic E-state index is 12.6. The van der Waals surface area contributed by atoms with Crippen LogP contribution in [0.2, 0.25) is 0 Å². The molecule has 1 saturated heterocycles. The van der Waals surface area contributed by atoms with Crippen LogP contribution in [0.25, 0.3) is 12.2 Å². The number of hydrogen-bond donors (Lipinski definition) is 1. The summed E-state index contributed by atoms with van der Waals surface area (Å²) in [6.07, 6.45) is 7.73. The van der Waals surface area contributed by atoms with Crippen LogP contribution in [0.5, 0.6) is 0 Å². The summed E-state index contributed by atoms with van der Waals surface area (Å²) in [5.41, 5.74) is 4.51. The average Bonchev–Trinajstić information content (AvgIpc) is 2.92. The van der Waals surface area contributed by atoms with Crippen molar-refractivity contribution in [2.24, 2.45) is 0 Å². The summed E-state index contributed by atoms with van der Waals surface area (Å²) in [5, 5.41) is 8.74. The summed E-state index contributed by atoms with van der Waals surface area (Å²) in [6.45, 7) is 4.41. The van der Waals surface area contributed by atoms with Gasteiger partial charge in [0.25, 0.3) is 0 Å². The van der Waals surface area contributed by atoms with Crippen LogP contribution in [0.1, 0.15) is 27.2 Å². The highest BCUT2D eigenvalue weighted by Crippen LogP contribution is 2.19. The van der Waals surface area contributed by atoms with Gasteiger partial charge in [0.05, 0.1) is 5.69 Å². The lowest BCUT2D eigenvalue weighted by molar-refractivity contribution is -0.117. The molecule has 1 aliphatic heterocycles. The minimum Gasteiger partial charge on any atom is -0.388 e. The monoisotopic (exact) mass is 467 g/mol. The molecule has 1 aliphatic rings. The first kappa shape index (κ1) is 24.3. The van der Waals surface area contributed by atoms with E-state index >= 15 is 0 Å². The Hall–Kier alpha value is -3.87. The van der Waals surface area contributed by atoms with Gasteiger partial charge < -0.3 is 10.0 Å². The predicted molar refractivity (Wildman–Crippen MR) is 139 cm³/mol. The molecule has 0 atom stereocenters. The van der Waals surface area contributed by atoms with Crippen LogP contribution in [0.3, 0.4) is 0 Å². The summed E-state index contributed by atoms with van der Waals surface area (Å²) in [5.74, 6) is -0.445. The highest BCUT2D eigenvalue weighted by molar-refractivity contribution is 6.07. The Labute approximate surface area is 205 Å². The zero-order chi connectivity index (χ0) is 24.5. The summed E-state index contributed by atoms with van der Waals surface area (Å²) in [7, 11) is 0. The molecule has 35 heavy (non-hydrogen) atoms. The number of piperazine rings is 1. The number of ketones is 2. The van der Waals surface area contributed by atoms with E-state index in [9.17, 15) is 9.59 Å². The van der Waals surface area contributed by atoms with E-state index in [1.807, 2.05) is 36.4 Å². The van der Waals surface area contributed by atoms with Crippen LogP contribution in [0.4, 0.5) is 5.69 Å². The molecule has 1 N–H and O–H groups in total. The first-order chi connectivity index (χ1) is 17.1. The Bertz CT molecular complexity index is 1180. The molecule has 0 unspecified atom stereocenters. The number of aromatic nitrogens is 1. The third kappa shape index (κ3) is 7.06. The molecule has 1 fully saturated rings. The normalized spacial score (nSPS) is 14.6. The molecule has 0 radical (unpaired) electrons. The van der Waals surface area contributed by atoms with Crippen LogP contribution in [0, 0.1) is 0 Å². The Morgan fingerprint density at radius 3 is 2.26 bits per heavy atom. The van der Waals surface area contributed by atoms with Crippen molar-refractivity contribution in [3.05, 3.63) is 107 Å². The summed E-state index contributed by atoms with van der Waals surface area (Å²) in [4.78, 5) is 32.8. The number of carbonyl (C=O) groups is 2. The van der Waals surface area contributed by atoms with E-state index in [4.69, 9.17) is 5.11 Å². The van der Waals surface area contributed by atoms with Crippen molar-refractivity contribution < 1.29 is 14.7 Å². The van der Waals surface area contributed by atoms with Crippen molar-refractivity contribution in [1.82, 2.24) is 9.88 Å². The summed E-state index contributed by atoms with van der Waals surface area (Å²) in [6, 6.07) is 21.9. The third-order valence-corrected chi connectivity index (χ3v) is 5.97. The van der Waals surface area contributed by atoms with Gasteiger partial charge in [-0.25, -0.2) is 0 Å². The van der Waals surface area contributed by atoms with Gasteiger partial charge in [-0.05, 0) is 65.8 Å². The highest BCUT2D eigenvalue weighted by atomic mass is 16.3. The number of pyridine rings is 1. The van der Waals surface area contributed by atoms with Crippen LogP contribution in [-0.4, -0.2) is 59.3 Å². The number of carbonyl (C=O) groups excluding carboxylic acids is 2. The van der Waals surface area contributed by atoms with Gasteiger partial charge in [0.2, 0.25) is 0 Å². The van der Waals surface area contributed by atoms with Gasteiger partial charge in [0, 0.05) is 50.2 Å². The molecule has 6 heteroatoms. The number of hydrogen-bond acceptors (Lipinski definition) is 6. The van der Waals surface area contributed by atoms with Crippen molar-refractivity contribution in [2.45, 2.75) is 6.54 Å². The second-order valence-corrected chi connectivity index (χ2v) is 8.47. The van der Waals surface area contributed by atoms with Crippen LogP contribution in [0.15, 0.2) is 85.1 Å². The van der Waals surface area contributed by atoms with E-state index in [-0.39, 0.29) is 11.6 Å². The molecule has 178 valence electrons. The smallest absolute Gasteiger partial charge is 0.185 e. The molecule has 1 aromatic heterocycles. The fourth-order valence-electron chi connectivity index (χ4n) is 3.96. The zero-order valence-corrected chi connectivity index (χ0v) is 19.6. The van der Waals surface area contributed by atoms with Gasteiger partial charge in [-0.3, -0.25) is 19.5 Å². The molecule has 0 spiro atoms. The summed E-state index contributed by atoms with van der Waals surface area (Å²) >= 11 is 0. The van der Waals surface area contributed by atoms with Gasteiger partial charge in [0.1, 0.15) is 6.61 Å². The van der Waals surface area contributed by atoms with Crippen molar-refractivity contribution in [1.29, 1.82) is 0 Å². The van der Waals surface area contributed by atoms with E-state index in [2.05, 4.69) is 39.0 Å². The Kier molecular flexibility index (Phi) is 8.33. The lowest BCUT2D eigenvalue weighted by atomic mass is 10.1. The Balaban J connectivity index is 1.28. The molecule has 4 rings (SSSR count). The van der Waals surface area contributed by atoms with E-state index in [1.54, 1.807) is 30.5 Å². The number of allylic oxidation sites excluding steroid dienone is 1. The second-order valence-electron chi connectivity index (χ2n) is 8.47. The Morgan fingerprint density at radius 1 is 0.857 bits per heavy atom. The van der Waals surface area contributed by atoms with Crippen LogP contribution >= 0.6 is 0 Å². The van der Waals surface area contributed by atoms with Crippen LogP contribution < -0.4 is 4.90 Å². The molecular weight excluding hydrogens is 438 g/mol. The average molecular weight is 468 g/mol. The van der Waals surface area contributed by atoms with Gasteiger partial charge >= 0.3 is 0 Å². The maximum Gasteiger partial charge on any atom is 0.185 e.